The monoisotopic (exact) mass is 323 g/mol. The normalized spacial score (nSPS) is 21.3. The number of aliphatic hydroxyl groups is 1. The summed E-state index contributed by atoms with van der Waals surface area (Å²) in [7, 11) is 0. The highest BCUT2D eigenvalue weighted by Crippen LogP contribution is 2.28. The highest BCUT2D eigenvalue weighted by molar-refractivity contribution is 7.10. The smallest absolute Gasteiger partial charge is 0.104 e. The van der Waals surface area contributed by atoms with E-state index < -0.39 is 6.10 Å². The van der Waals surface area contributed by atoms with Gasteiger partial charge in [-0.25, -0.2) is 0 Å². The molecule has 0 aliphatic carbocycles. The molecule has 112 valence electrons. The lowest BCUT2D eigenvalue weighted by Crippen LogP contribution is -2.40. The molecule has 21 heavy (non-hydrogen) atoms. The van der Waals surface area contributed by atoms with Crippen LogP contribution in [0.1, 0.15) is 22.6 Å². The molecule has 1 fully saturated rings. The first-order valence-electron chi connectivity index (χ1n) is 7.04. The van der Waals surface area contributed by atoms with Gasteiger partial charge >= 0.3 is 0 Å². The first-order chi connectivity index (χ1) is 10.2. The van der Waals surface area contributed by atoms with Crippen molar-refractivity contribution in [2.45, 2.75) is 12.2 Å². The van der Waals surface area contributed by atoms with Crippen LogP contribution < -0.4 is 0 Å². The van der Waals surface area contributed by atoms with Crippen LogP contribution in [0.25, 0.3) is 0 Å². The van der Waals surface area contributed by atoms with Crippen LogP contribution in [-0.2, 0) is 4.74 Å². The van der Waals surface area contributed by atoms with Crippen LogP contribution in [-0.4, -0.2) is 36.2 Å². The number of β-amino-alcohol motifs (C(OH)–C–C–N with tert-alkyl or cyclic N) is 1. The van der Waals surface area contributed by atoms with E-state index in [0.29, 0.717) is 18.2 Å². The quantitative estimate of drug-likeness (QED) is 0.934. The Balaban J connectivity index is 1.63. The summed E-state index contributed by atoms with van der Waals surface area (Å²) in [6, 6.07) is 11.6. The number of nitrogens with zero attached hydrogens (tertiary/aromatic N) is 1. The summed E-state index contributed by atoms with van der Waals surface area (Å²) in [6.45, 7) is 2.91. The van der Waals surface area contributed by atoms with Crippen molar-refractivity contribution in [2.24, 2.45) is 0 Å². The van der Waals surface area contributed by atoms with Gasteiger partial charge in [0.05, 0.1) is 12.7 Å². The molecule has 1 aromatic heterocycles. The van der Waals surface area contributed by atoms with Gasteiger partial charge in [0.25, 0.3) is 0 Å². The Morgan fingerprint density at radius 1 is 1.33 bits per heavy atom. The number of thiophene rings is 1. The minimum Gasteiger partial charge on any atom is -0.387 e. The number of rotatable bonds is 4. The molecule has 1 aliphatic rings. The Morgan fingerprint density at radius 3 is 2.95 bits per heavy atom. The summed E-state index contributed by atoms with van der Waals surface area (Å²) in [5.41, 5.74) is 0.790. The maximum atomic E-state index is 10.4. The predicted octanol–water partition coefficient (Wildman–Crippen LogP) is 3.51. The molecule has 1 aromatic carbocycles. The SMILES string of the molecule is OC(CN1CCOC(c2cccs2)C1)c1ccccc1Cl. The first-order valence-corrected chi connectivity index (χ1v) is 8.29. The van der Waals surface area contributed by atoms with Crippen LogP contribution in [0, 0.1) is 0 Å². The Labute approximate surface area is 133 Å². The third-order valence-corrected chi connectivity index (χ3v) is 5.02. The van der Waals surface area contributed by atoms with Crippen LogP contribution >= 0.6 is 22.9 Å². The van der Waals surface area contributed by atoms with Gasteiger partial charge in [0, 0.05) is 35.1 Å². The van der Waals surface area contributed by atoms with Crippen molar-refractivity contribution in [1.82, 2.24) is 4.90 Å². The standard InChI is InChI=1S/C16H18ClNO2S/c17-13-5-2-1-4-12(13)14(19)10-18-7-8-20-15(11-18)16-6-3-9-21-16/h1-6,9,14-15,19H,7-8,10-11H2. The summed E-state index contributed by atoms with van der Waals surface area (Å²) >= 11 is 7.86. The molecule has 0 amide bonds. The van der Waals surface area contributed by atoms with Gasteiger partial charge in [0.2, 0.25) is 0 Å². The lowest BCUT2D eigenvalue weighted by molar-refractivity contribution is -0.0408. The molecule has 3 nitrogen and oxygen atoms in total. The van der Waals surface area contributed by atoms with Crippen LogP contribution in [0.3, 0.4) is 0 Å². The number of aliphatic hydroxyl groups excluding tert-OH is 1. The summed E-state index contributed by atoms with van der Waals surface area (Å²) < 4.78 is 5.82. The topological polar surface area (TPSA) is 32.7 Å². The van der Waals surface area contributed by atoms with E-state index in [4.69, 9.17) is 16.3 Å². The van der Waals surface area contributed by atoms with Crippen molar-refractivity contribution >= 4 is 22.9 Å². The number of morpholine rings is 1. The van der Waals surface area contributed by atoms with Gasteiger partial charge in [-0.2, -0.15) is 0 Å². The van der Waals surface area contributed by atoms with E-state index in [1.165, 1.54) is 4.88 Å². The highest BCUT2D eigenvalue weighted by Gasteiger charge is 2.25. The van der Waals surface area contributed by atoms with Gasteiger partial charge < -0.3 is 9.84 Å². The third kappa shape index (κ3) is 3.65. The summed E-state index contributed by atoms with van der Waals surface area (Å²) in [4.78, 5) is 3.48. The van der Waals surface area contributed by atoms with Gasteiger partial charge in [-0.05, 0) is 17.5 Å². The number of hydrogen-bond acceptors (Lipinski definition) is 4. The van der Waals surface area contributed by atoms with E-state index in [0.717, 1.165) is 18.7 Å². The van der Waals surface area contributed by atoms with Crippen LogP contribution in [0.15, 0.2) is 41.8 Å². The Hall–Kier alpha value is -0.910. The number of halogens is 1. The molecule has 0 spiro atoms. The van der Waals surface area contributed by atoms with Crippen molar-refractivity contribution in [2.75, 3.05) is 26.2 Å². The molecule has 0 radical (unpaired) electrons. The second-order valence-electron chi connectivity index (χ2n) is 5.17. The summed E-state index contributed by atoms with van der Waals surface area (Å²) in [6.07, 6.45) is -0.460. The molecule has 1 N–H and O–H groups in total. The molecule has 5 heteroatoms. The number of ether oxygens (including phenoxy) is 1. The van der Waals surface area contributed by atoms with Gasteiger partial charge in [-0.3, -0.25) is 4.90 Å². The minimum atomic E-state index is -0.569. The molecular formula is C16H18ClNO2S. The van der Waals surface area contributed by atoms with E-state index in [-0.39, 0.29) is 6.10 Å². The van der Waals surface area contributed by atoms with E-state index in [1.807, 2.05) is 30.3 Å². The highest BCUT2D eigenvalue weighted by atomic mass is 35.5. The molecule has 0 saturated carbocycles. The Kier molecular flexibility index (Phi) is 4.93. The van der Waals surface area contributed by atoms with Crippen LogP contribution in [0.2, 0.25) is 5.02 Å². The molecule has 0 bridgehead atoms. The first kappa shape index (κ1) is 15.0. The third-order valence-electron chi connectivity index (χ3n) is 3.71. The second-order valence-corrected chi connectivity index (χ2v) is 6.56. The molecule has 3 rings (SSSR count). The van der Waals surface area contributed by atoms with Crippen molar-refractivity contribution in [3.63, 3.8) is 0 Å². The van der Waals surface area contributed by atoms with E-state index in [2.05, 4.69) is 16.3 Å². The molecule has 2 atom stereocenters. The van der Waals surface area contributed by atoms with Gasteiger partial charge in [-0.1, -0.05) is 35.9 Å². The fourth-order valence-electron chi connectivity index (χ4n) is 2.60. The summed E-state index contributed by atoms with van der Waals surface area (Å²) in [5, 5.41) is 13.1. The number of benzene rings is 1. The van der Waals surface area contributed by atoms with Gasteiger partial charge in [-0.15, -0.1) is 11.3 Å². The molecule has 2 aromatic rings. The lowest BCUT2D eigenvalue weighted by Gasteiger charge is -2.33. The van der Waals surface area contributed by atoms with Crippen molar-refractivity contribution in [3.05, 3.63) is 57.2 Å². The van der Waals surface area contributed by atoms with E-state index in [9.17, 15) is 5.11 Å². The zero-order chi connectivity index (χ0) is 14.7. The zero-order valence-electron chi connectivity index (χ0n) is 11.6. The average Bonchev–Trinajstić information content (AvgIpc) is 3.02. The molecular weight excluding hydrogens is 306 g/mol. The molecule has 2 heterocycles. The fourth-order valence-corrected chi connectivity index (χ4v) is 3.63. The lowest BCUT2D eigenvalue weighted by atomic mass is 10.1. The predicted molar refractivity (Wildman–Crippen MR) is 85.9 cm³/mol. The Bertz CT molecular complexity index is 575. The molecule has 1 saturated heterocycles. The maximum Gasteiger partial charge on any atom is 0.104 e. The van der Waals surface area contributed by atoms with Gasteiger partial charge in [0.1, 0.15) is 6.10 Å². The molecule has 2 unspecified atom stereocenters. The fraction of sp³-hybridized carbons (Fsp3) is 0.375. The van der Waals surface area contributed by atoms with E-state index in [1.54, 1.807) is 11.3 Å². The maximum absolute atomic E-state index is 10.4. The van der Waals surface area contributed by atoms with Crippen molar-refractivity contribution < 1.29 is 9.84 Å². The second kappa shape index (κ2) is 6.90. The number of hydrogen-bond donors (Lipinski definition) is 1. The van der Waals surface area contributed by atoms with Gasteiger partial charge in [0.15, 0.2) is 0 Å². The van der Waals surface area contributed by atoms with Crippen molar-refractivity contribution in [1.29, 1.82) is 0 Å². The van der Waals surface area contributed by atoms with Crippen molar-refractivity contribution in [3.8, 4) is 0 Å². The average molecular weight is 324 g/mol. The summed E-state index contributed by atoms with van der Waals surface area (Å²) in [5.74, 6) is 0. The van der Waals surface area contributed by atoms with Crippen LogP contribution in [0.5, 0.6) is 0 Å². The molecule has 1 aliphatic heterocycles. The minimum absolute atomic E-state index is 0.109. The van der Waals surface area contributed by atoms with Crippen LogP contribution in [0.4, 0.5) is 0 Å². The Morgan fingerprint density at radius 2 is 2.19 bits per heavy atom. The largest absolute Gasteiger partial charge is 0.387 e. The van der Waals surface area contributed by atoms with E-state index >= 15 is 0 Å². The zero-order valence-corrected chi connectivity index (χ0v) is 13.2.